The van der Waals surface area contributed by atoms with E-state index in [9.17, 15) is 0 Å². The largest absolute Gasteiger partial charge is 0.495 e. The smallest absolute Gasteiger partial charge is 0.139 e. The topological polar surface area (TPSA) is 15.7 Å². The van der Waals surface area contributed by atoms with E-state index >= 15 is 0 Å². The van der Waals surface area contributed by atoms with Gasteiger partial charge in [0.2, 0.25) is 0 Å². The molecule has 104 valence electrons. The van der Waals surface area contributed by atoms with Crippen molar-refractivity contribution >= 4 is 17.3 Å². The maximum absolute atomic E-state index is 6.10. The fourth-order valence-electron chi connectivity index (χ4n) is 3.29. The molecule has 3 nitrogen and oxygen atoms in total. The molecule has 2 aliphatic rings. The van der Waals surface area contributed by atoms with Gasteiger partial charge in [0.25, 0.3) is 0 Å². The van der Waals surface area contributed by atoms with Gasteiger partial charge >= 0.3 is 0 Å². The molecule has 0 N–H and O–H groups in total. The molecule has 19 heavy (non-hydrogen) atoms. The van der Waals surface area contributed by atoms with E-state index in [4.69, 9.17) is 16.3 Å². The van der Waals surface area contributed by atoms with Crippen molar-refractivity contribution in [3.8, 4) is 5.75 Å². The van der Waals surface area contributed by atoms with Crippen LogP contribution in [0.1, 0.15) is 19.3 Å². The summed E-state index contributed by atoms with van der Waals surface area (Å²) in [6, 6.07) is 6.83. The standard InChI is InChI=1S/C15H21ClN2O/c1-19-15-10-12(5-6-14(15)16)18-9-3-8-17-7-2-4-13(17)11-18/h5-6,10,13H,2-4,7-9,11H2,1H3. The van der Waals surface area contributed by atoms with Crippen LogP contribution in [0.5, 0.6) is 5.75 Å². The highest BCUT2D eigenvalue weighted by molar-refractivity contribution is 6.32. The lowest BCUT2D eigenvalue weighted by Gasteiger charge is -2.27. The fourth-order valence-corrected chi connectivity index (χ4v) is 3.48. The van der Waals surface area contributed by atoms with Crippen LogP contribution in [-0.2, 0) is 0 Å². The molecular formula is C15H21ClN2O. The maximum Gasteiger partial charge on any atom is 0.139 e. The van der Waals surface area contributed by atoms with E-state index in [0.717, 1.165) is 24.9 Å². The van der Waals surface area contributed by atoms with E-state index in [-0.39, 0.29) is 0 Å². The summed E-state index contributed by atoms with van der Waals surface area (Å²) in [5, 5.41) is 0.684. The highest BCUT2D eigenvalue weighted by atomic mass is 35.5. The van der Waals surface area contributed by atoms with Gasteiger partial charge < -0.3 is 9.64 Å². The van der Waals surface area contributed by atoms with Crippen molar-refractivity contribution in [2.75, 3.05) is 38.2 Å². The van der Waals surface area contributed by atoms with Crippen molar-refractivity contribution < 1.29 is 4.74 Å². The summed E-state index contributed by atoms with van der Waals surface area (Å²) in [6.45, 7) is 4.77. The lowest BCUT2D eigenvalue weighted by atomic mass is 10.2. The number of methoxy groups -OCH3 is 1. The average molecular weight is 281 g/mol. The zero-order valence-corrected chi connectivity index (χ0v) is 12.2. The van der Waals surface area contributed by atoms with Crippen LogP contribution in [0.4, 0.5) is 5.69 Å². The fraction of sp³-hybridized carbons (Fsp3) is 0.600. The van der Waals surface area contributed by atoms with E-state index < -0.39 is 0 Å². The Kier molecular flexibility index (Phi) is 3.85. The average Bonchev–Trinajstić information content (AvgIpc) is 2.77. The van der Waals surface area contributed by atoms with Crippen LogP contribution >= 0.6 is 11.6 Å². The first kappa shape index (κ1) is 13.1. The molecule has 0 spiro atoms. The number of hydrogen-bond donors (Lipinski definition) is 0. The zero-order valence-electron chi connectivity index (χ0n) is 11.4. The molecular weight excluding hydrogens is 260 g/mol. The van der Waals surface area contributed by atoms with E-state index in [1.165, 1.54) is 38.0 Å². The summed E-state index contributed by atoms with van der Waals surface area (Å²) < 4.78 is 5.33. The molecule has 3 rings (SSSR count). The molecule has 1 unspecified atom stereocenters. The first-order chi connectivity index (χ1) is 9.28. The number of nitrogens with zero attached hydrogens (tertiary/aromatic N) is 2. The Bertz CT molecular complexity index is 452. The van der Waals surface area contributed by atoms with Gasteiger partial charge in [-0.3, -0.25) is 4.90 Å². The molecule has 0 aliphatic carbocycles. The number of anilines is 1. The minimum Gasteiger partial charge on any atom is -0.495 e. The van der Waals surface area contributed by atoms with Crippen LogP contribution in [0.2, 0.25) is 5.02 Å². The highest BCUT2D eigenvalue weighted by Crippen LogP contribution is 2.31. The Morgan fingerprint density at radius 1 is 1.21 bits per heavy atom. The second-order valence-corrected chi connectivity index (χ2v) is 5.86. The quantitative estimate of drug-likeness (QED) is 0.828. The summed E-state index contributed by atoms with van der Waals surface area (Å²) in [6.07, 6.45) is 3.92. The number of halogens is 1. The molecule has 1 aromatic rings. The third kappa shape index (κ3) is 2.67. The molecule has 0 radical (unpaired) electrons. The van der Waals surface area contributed by atoms with Crippen LogP contribution in [0.25, 0.3) is 0 Å². The summed E-state index contributed by atoms with van der Waals surface area (Å²) in [4.78, 5) is 5.13. The first-order valence-electron chi connectivity index (χ1n) is 7.10. The van der Waals surface area contributed by atoms with E-state index in [1.807, 2.05) is 6.07 Å². The van der Waals surface area contributed by atoms with E-state index in [0.29, 0.717) is 5.02 Å². The number of fused-ring (bicyclic) bond motifs is 1. The summed E-state index contributed by atoms with van der Waals surface area (Å²) in [7, 11) is 1.67. The van der Waals surface area contributed by atoms with E-state index in [2.05, 4.69) is 21.9 Å². The predicted octanol–water partition coefficient (Wildman–Crippen LogP) is 3.02. The maximum atomic E-state index is 6.10. The SMILES string of the molecule is COc1cc(N2CCCN3CCCC3C2)ccc1Cl. The summed E-state index contributed by atoms with van der Waals surface area (Å²) >= 11 is 6.10. The molecule has 0 saturated carbocycles. The van der Waals surface area contributed by atoms with Gasteiger partial charge in [0.05, 0.1) is 12.1 Å². The van der Waals surface area contributed by atoms with Gasteiger partial charge in [-0.2, -0.15) is 0 Å². The molecule has 2 saturated heterocycles. The monoisotopic (exact) mass is 280 g/mol. The Morgan fingerprint density at radius 2 is 2.05 bits per heavy atom. The zero-order chi connectivity index (χ0) is 13.2. The Labute approximate surface area is 120 Å². The molecule has 1 atom stereocenters. The lowest BCUT2D eigenvalue weighted by Crippen LogP contribution is -2.36. The second kappa shape index (κ2) is 5.59. The van der Waals surface area contributed by atoms with Crippen LogP contribution in [0.3, 0.4) is 0 Å². The van der Waals surface area contributed by atoms with Crippen LogP contribution < -0.4 is 9.64 Å². The third-order valence-corrected chi connectivity index (χ3v) is 4.62. The summed E-state index contributed by atoms with van der Waals surface area (Å²) in [5.41, 5.74) is 1.23. The third-order valence-electron chi connectivity index (χ3n) is 4.30. The number of ether oxygens (including phenoxy) is 1. The first-order valence-corrected chi connectivity index (χ1v) is 7.48. The van der Waals surface area contributed by atoms with Crippen molar-refractivity contribution in [2.24, 2.45) is 0 Å². The molecule has 0 aromatic heterocycles. The second-order valence-electron chi connectivity index (χ2n) is 5.45. The van der Waals surface area contributed by atoms with Gasteiger partial charge in [-0.25, -0.2) is 0 Å². The van der Waals surface area contributed by atoms with Crippen molar-refractivity contribution in [3.05, 3.63) is 23.2 Å². The van der Waals surface area contributed by atoms with Crippen LogP contribution in [0.15, 0.2) is 18.2 Å². The molecule has 2 heterocycles. The normalized spacial score (nSPS) is 24.1. The van der Waals surface area contributed by atoms with Gasteiger partial charge in [-0.15, -0.1) is 0 Å². The molecule has 1 aromatic carbocycles. The number of hydrogen-bond acceptors (Lipinski definition) is 3. The van der Waals surface area contributed by atoms with Crippen molar-refractivity contribution in [3.63, 3.8) is 0 Å². The van der Waals surface area contributed by atoms with Crippen LogP contribution in [-0.4, -0.2) is 44.2 Å². The summed E-state index contributed by atoms with van der Waals surface area (Å²) in [5.74, 6) is 0.770. The Balaban J connectivity index is 1.80. The Morgan fingerprint density at radius 3 is 2.89 bits per heavy atom. The molecule has 2 aliphatic heterocycles. The van der Waals surface area contributed by atoms with Crippen molar-refractivity contribution in [1.82, 2.24) is 4.90 Å². The number of benzene rings is 1. The minimum absolute atomic E-state index is 0.684. The molecule has 0 amide bonds. The molecule has 2 fully saturated rings. The van der Waals surface area contributed by atoms with Gasteiger partial charge in [0.1, 0.15) is 5.75 Å². The van der Waals surface area contributed by atoms with Crippen molar-refractivity contribution in [2.45, 2.75) is 25.3 Å². The molecule has 0 bridgehead atoms. The van der Waals surface area contributed by atoms with Gasteiger partial charge in [-0.1, -0.05) is 11.6 Å². The van der Waals surface area contributed by atoms with Gasteiger partial charge in [-0.05, 0) is 37.9 Å². The predicted molar refractivity (Wildman–Crippen MR) is 79.4 cm³/mol. The van der Waals surface area contributed by atoms with Crippen molar-refractivity contribution in [1.29, 1.82) is 0 Å². The minimum atomic E-state index is 0.684. The lowest BCUT2D eigenvalue weighted by molar-refractivity contribution is 0.273. The Hall–Kier alpha value is -0.930. The van der Waals surface area contributed by atoms with Crippen LogP contribution in [0, 0.1) is 0 Å². The highest BCUT2D eigenvalue weighted by Gasteiger charge is 2.28. The number of rotatable bonds is 2. The van der Waals surface area contributed by atoms with E-state index in [1.54, 1.807) is 7.11 Å². The molecule has 4 heteroatoms. The van der Waals surface area contributed by atoms with Gasteiger partial charge in [0, 0.05) is 37.4 Å². The van der Waals surface area contributed by atoms with Gasteiger partial charge in [0.15, 0.2) is 0 Å².